The van der Waals surface area contributed by atoms with Crippen molar-refractivity contribution >= 4 is 12.2 Å². The highest BCUT2D eigenvalue weighted by molar-refractivity contribution is 5.95. The molecular weight excluding hydrogens is 190 g/mol. The summed E-state index contributed by atoms with van der Waals surface area (Å²) in [5.74, 6) is -0.0443. The van der Waals surface area contributed by atoms with Crippen molar-refractivity contribution in [3.8, 4) is 0 Å². The fourth-order valence-electron chi connectivity index (χ4n) is 1.53. The first-order valence-electron chi connectivity index (χ1n) is 5.16. The summed E-state index contributed by atoms with van der Waals surface area (Å²) in [5.41, 5.74) is 1.21. The Balaban J connectivity index is 2.01. The first-order chi connectivity index (χ1) is 7.29. The Morgan fingerprint density at radius 2 is 1.93 bits per heavy atom. The minimum Gasteiger partial charge on any atom is -0.349 e. The number of benzene rings is 1. The Kier molecular flexibility index (Phi) is 2.81. The SMILES string of the molecule is O=Cc1ccc(C(=O)NC2CCC2)cc1. The number of carbonyl (C=O) groups excluding carboxylic acids is 2. The quantitative estimate of drug-likeness (QED) is 0.761. The number of nitrogens with one attached hydrogen (secondary N) is 1. The van der Waals surface area contributed by atoms with Gasteiger partial charge in [0.05, 0.1) is 0 Å². The lowest BCUT2D eigenvalue weighted by molar-refractivity contribution is 0.0916. The largest absolute Gasteiger partial charge is 0.349 e. The molecule has 15 heavy (non-hydrogen) atoms. The van der Waals surface area contributed by atoms with Crippen molar-refractivity contribution in [2.24, 2.45) is 0 Å². The van der Waals surface area contributed by atoms with Crippen LogP contribution in [0.25, 0.3) is 0 Å². The lowest BCUT2D eigenvalue weighted by Gasteiger charge is -2.26. The molecule has 0 saturated heterocycles. The lowest BCUT2D eigenvalue weighted by Crippen LogP contribution is -2.39. The summed E-state index contributed by atoms with van der Waals surface area (Å²) >= 11 is 0. The third-order valence-corrected chi connectivity index (χ3v) is 2.75. The molecule has 1 fully saturated rings. The Morgan fingerprint density at radius 1 is 1.27 bits per heavy atom. The monoisotopic (exact) mass is 203 g/mol. The number of hydrogen-bond donors (Lipinski definition) is 1. The zero-order valence-corrected chi connectivity index (χ0v) is 8.40. The predicted octanol–water partition coefficient (Wildman–Crippen LogP) is 1.78. The highest BCUT2D eigenvalue weighted by Crippen LogP contribution is 2.18. The van der Waals surface area contributed by atoms with E-state index < -0.39 is 0 Å². The molecule has 0 heterocycles. The number of carbonyl (C=O) groups is 2. The molecule has 1 aromatic rings. The molecule has 1 aliphatic carbocycles. The zero-order valence-electron chi connectivity index (χ0n) is 8.40. The topological polar surface area (TPSA) is 46.2 Å². The van der Waals surface area contributed by atoms with E-state index in [-0.39, 0.29) is 5.91 Å². The van der Waals surface area contributed by atoms with Gasteiger partial charge in [0.25, 0.3) is 5.91 Å². The third kappa shape index (κ3) is 2.24. The van der Waals surface area contributed by atoms with Crippen molar-refractivity contribution in [3.63, 3.8) is 0 Å². The van der Waals surface area contributed by atoms with Crippen molar-refractivity contribution in [1.29, 1.82) is 0 Å². The minimum absolute atomic E-state index is 0.0443. The second kappa shape index (κ2) is 4.26. The van der Waals surface area contributed by atoms with E-state index in [1.54, 1.807) is 24.3 Å². The highest BCUT2D eigenvalue weighted by Gasteiger charge is 2.19. The van der Waals surface area contributed by atoms with Gasteiger partial charge in [-0.3, -0.25) is 9.59 Å². The smallest absolute Gasteiger partial charge is 0.251 e. The second-order valence-electron chi connectivity index (χ2n) is 3.84. The summed E-state index contributed by atoms with van der Waals surface area (Å²) in [7, 11) is 0. The van der Waals surface area contributed by atoms with E-state index in [4.69, 9.17) is 0 Å². The van der Waals surface area contributed by atoms with Gasteiger partial charge in [-0.05, 0) is 31.4 Å². The van der Waals surface area contributed by atoms with Crippen molar-refractivity contribution in [3.05, 3.63) is 35.4 Å². The van der Waals surface area contributed by atoms with E-state index in [9.17, 15) is 9.59 Å². The molecule has 1 saturated carbocycles. The maximum absolute atomic E-state index is 11.6. The van der Waals surface area contributed by atoms with Crippen LogP contribution in [-0.4, -0.2) is 18.2 Å². The highest BCUT2D eigenvalue weighted by atomic mass is 16.1. The van der Waals surface area contributed by atoms with Crippen LogP contribution in [0.5, 0.6) is 0 Å². The molecule has 1 N–H and O–H groups in total. The Labute approximate surface area is 88.5 Å². The van der Waals surface area contributed by atoms with Crippen LogP contribution in [0, 0.1) is 0 Å². The van der Waals surface area contributed by atoms with E-state index >= 15 is 0 Å². The van der Waals surface area contributed by atoms with Crippen LogP contribution in [0.15, 0.2) is 24.3 Å². The molecular formula is C12H13NO2. The Hall–Kier alpha value is -1.64. The maximum atomic E-state index is 11.6. The van der Waals surface area contributed by atoms with Crippen molar-refractivity contribution in [1.82, 2.24) is 5.32 Å². The fourth-order valence-corrected chi connectivity index (χ4v) is 1.53. The number of aldehydes is 1. The molecule has 0 bridgehead atoms. The number of rotatable bonds is 3. The standard InChI is InChI=1S/C12H13NO2/c14-8-9-4-6-10(7-5-9)12(15)13-11-2-1-3-11/h4-8,11H,1-3H2,(H,13,15). The van der Waals surface area contributed by atoms with Gasteiger partial charge in [-0.15, -0.1) is 0 Å². The first-order valence-corrected chi connectivity index (χ1v) is 5.16. The van der Waals surface area contributed by atoms with Crippen LogP contribution < -0.4 is 5.32 Å². The lowest BCUT2D eigenvalue weighted by atomic mass is 9.93. The average molecular weight is 203 g/mol. The van der Waals surface area contributed by atoms with Gasteiger partial charge in [0.2, 0.25) is 0 Å². The summed E-state index contributed by atoms with van der Waals surface area (Å²) in [5, 5.41) is 2.94. The van der Waals surface area contributed by atoms with Gasteiger partial charge in [0.1, 0.15) is 6.29 Å². The van der Waals surface area contributed by atoms with Crippen molar-refractivity contribution in [2.75, 3.05) is 0 Å². The predicted molar refractivity (Wildman–Crippen MR) is 56.9 cm³/mol. The van der Waals surface area contributed by atoms with E-state index in [0.29, 0.717) is 17.2 Å². The van der Waals surface area contributed by atoms with Gasteiger partial charge in [0, 0.05) is 17.2 Å². The van der Waals surface area contributed by atoms with Crippen LogP contribution in [0.3, 0.4) is 0 Å². The Morgan fingerprint density at radius 3 is 2.40 bits per heavy atom. The number of amides is 1. The molecule has 78 valence electrons. The molecule has 0 spiro atoms. The normalized spacial score (nSPS) is 15.5. The molecule has 0 aliphatic heterocycles. The van der Waals surface area contributed by atoms with Gasteiger partial charge >= 0.3 is 0 Å². The van der Waals surface area contributed by atoms with E-state index in [2.05, 4.69) is 5.32 Å². The van der Waals surface area contributed by atoms with Crippen LogP contribution >= 0.6 is 0 Å². The van der Waals surface area contributed by atoms with Gasteiger partial charge in [-0.2, -0.15) is 0 Å². The van der Waals surface area contributed by atoms with Crippen molar-refractivity contribution < 1.29 is 9.59 Å². The number of hydrogen-bond acceptors (Lipinski definition) is 2. The summed E-state index contributed by atoms with van der Waals surface area (Å²) in [6, 6.07) is 7.02. The summed E-state index contributed by atoms with van der Waals surface area (Å²) < 4.78 is 0. The molecule has 1 aromatic carbocycles. The van der Waals surface area contributed by atoms with Crippen LogP contribution in [0.2, 0.25) is 0 Å². The van der Waals surface area contributed by atoms with Crippen LogP contribution in [0.1, 0.15) is 40.0 Å². The molecule has 2 rings (SSSR count). The first kappa shape index (κ1) is 9.90. The van der Waals surface area contributed by atoms with E-state index in [1.165, 1.54) is 6.42 Å². The summed E-state index contributed by atoms with van der Waals surface area (Å²) in [6.07, 6.45) is 4.14. The van der Waals surface area contributed by atoms with Gasteiger partial charge in [0.15, 0.2) is 0 Å². The molecule has 1 amide bonds. The van der Waals surface area contributed by atoms with Gasteiger partial charge in [-0.1, -0.05) is 12.1 Å². The average Bonchev–Trinajstić information content (AvgIpc) is 2.23. The second-order valence-corrected chi connectivity index (χ2v) is 3.84. The minimum atomic E-state index is -0.0443. The maximum Gasteiger partial charge on any atom is 0.251 e. The van der Waals surface area contributed by atoms with E-state index in [1.807, 2.05) is 0 Å². The molecule has 3 nitrogen and oxygen atoms in total. The fraction of sp³-hybridized carbons (Fsp3) is 0.333. The van der Waals surface area contributed by atoms with E-state index in [0.717, 1.165) is 19.1 Å². The molecule has 0 unspecified atom stereocenters. The zero-order chi connectivity index (χ0) is 10.7. The van der Waals surface area contributed by atoms with Gasteiger partial charge in [-0.25, -0.2) is 0 Å². The molecule has 3 heteroatoms. The van der Waals surface area contributed by atoms with Crippen LogP contribution in [-0.2, 0) is 0 Å². The Bertz CT molecular complexity index is 366. The summed E-state index contributed by atoms with van der Waals surface area (Å²) in [4.78, 5) is 22.1. The third-order valence-electron chi connectivity index (χ3n) is 2.75. The molecule has 0 aromatic heterocycles. The summed E-state index contributed by atoms with van der Waals surface area (Å²) in [6.45, 7) is 0. The molecule has 1 aliphatic rings. The van der Waals surface area contributed by atoms with Crippen molar-refractivity contribution in [2.45, 2.75) is 25.3 Å². The molecule has 0 atom stereocenters. The van der Waals surface area contributed by atoms with Crippen LogP contribution in [0.4, 0.5) is 0 Å². The molecule has 0 radical (unpaired) electrons. The van der Waals surface area contributed by atoms with Gasteiger partial charge < -0.3 is 5.32 Å².